The van der Waals surface area contributed by atoms with Crippen LogP contribution in [0.15, 0.2) is 0 Å². The molecule has 1 rings (SSSR count). The Morgan fingerprint density at radius 2 is 2.12 bits per heavy atom. The molecule has 2 atom stereocenters. The van der Waals surface area contributed by atoms with Gasteiger partial charge in [-0.25, -0.2) is 4.68 Å². The van der Waals surface area contributed by atoms with Crippen LogP contribution >= 0.6 is 0 Å². The zero-order valence-electron chi connectivity index (χ0n) is 9.92. The third-order valence-corrected chi connectivity index (χ3v) is 2.80. The summed E-state index contributed by atoms with van der Waals surface area (Å²) in [5, 5.41) is 20.3. The maximum Gasteiger partial charge on any atom is 0.305 e. The molecule has 0 aliphatic heterocycles. The van der Waals surface area contributed by atoms with Crippen LogP contribution in [0.5, 0.6) is 0 Å². The smallest absolute Gasteiger partial charge is 0.305 e. The minimum Gasteiger partial charge on any atom is -0.481 e. The molecule has 90 valence electrons. The van der Waals surface area contributed by atoms with E-state index in [1.807, 2.05) is 13.8 Å². The van der Waals surface area contributed by atoms with Gasteiger partial charge in [0.05, 0.1) is 12.5 Å². The van der Waals surface area contributed by atoms with Crippen LogP contribution in [-0.4, -0.2) is 31.3 Å². The highest BCUT2D eigenvalue weighted by atomic mass is 16.4. The van der Waals surface area contributed by atoms with Gasteiger partial charge < -0.3 is 5.11 Å². The van der Waals surface area contributed by atoms with Gasteiger partial charge in [-0.3, -0.25) is 4.79 Å². The molecule has 6 heteroatoms. The van der Waals surface area contributed by atoms with Crippen molar-refractivity contribution >= 4 is 5.97 Å². The number of nitrogens with zero attached hydrogens (tertiary/aromatic N) is 4. The van der Waals surface area contributed by atoms with E-state index >= 15 is 0 Å². The summed E-state index contributed by atoms with van der Waals surface area (Å²) in [4.78, 5) is 10.7. The molecule has 0 amide bonds. The lowest BCUT2D eigenvalue weighted by Gasteiger charge is -2.16. The van der Waals surface area contributed by atoms with E-state index in [0.29, 0.717) is 6.42 Å². The van der Waals surface area contributed by atoms with Crippen molar-refractivity contribution in [2.75, 3.05) is 0 Å². The summed E-state index contributed by atoms with van der Waals surface area (Å²) in [6.45, 7) is 6.03. The molecule has 1 aromatic rings. The van der Waals surface area contributed by atoms with Crippen molar-refractivity contribution in [3.8, 4) is 0 Å². The highest BCUT2D eigenvalue weighted by Crippen LogP contribution is 2.22. The van der Waals surface area contributed by atoms with Gasteiger partial charge in [0.15, 0.2) is 5.82 Å². The Morgan fingerprint density at radius 1 is 1.44 bits per heavy atom. The van der Waals surface area contributed by atoms with Crippen LogP contribution in [0.3, 0.4) is 0 Å². The third-order valence-electron chi connectivity index (χ3n) is 2.80. The van der Waals surface area contributed by atoms with Crippen molar-refractivity contribution in [1.29, 1.82) is 0 Å². The van der Waals surface area contributed by atoms with Crippen molar-refractivity contribution in [2.24, 2.45) is 0 Å². The Morgan fingerprint density at radius 3 is 2.62 bits per heavy atom. The van der Waals surface area contributed by atoms with Crippen LogP contribution in [-0.2, 0) is 4.79 Å². The summed E-state index contributed by atoms with van der Waals surface area (Å²) in [6.07, 6.45) is 1.70. The Labute approximate surface area is 94.7 Å². The van der Waals surface area contributed by atoms with Gasteiger partial charge in [-0.2, -0.15) is 0 Å². The molecular formula is C10H18N4O2. The van der Waals surface area contributed by atoms with E-state index in [-0.39, 0.29) is 18.4 Å². The predicted molar refractivity (Wildman–Crippen MR) is 58.1 cm³/mol. The lowest BCUT2D eigenvalue weighted by Crippen LogP contribution is -2.18. The van der Waals surface area contributed by atoms with Crippen LogP contribution in [0.4, 0.5) is 0 Å². The van der Waals surface area contributed by atoms with Gasteiger partial charge >= 0.3 is 5.97 Å². The van der Waals surface area contributed by atoms with E-state index in [0.717, 1.165) is 12.2 Å². The van der Waals surface area contributed by atoms with Gasteiger partial charge in [-0.05, 0) is 23.3 Å². The maximum atomic E-state index is 10.7. The lowest BCUT2D eigenvalue weighted by molar-refractivity contribution is -0.138. The number of carboxylic acid groups (broad SMARTS) is 1. The molecule has 0 saturated heterocycles. The number of tetrazole rings is 1. The average Bonchev–Trinajstić information content (AvgIpc) is 2.73. The molecule has 1 aromatic heterocycles. The number of rotatable bonds is 6. The molecule has 0 aromatic carbocycles. The minimum atomic E-state index is -0.822. The molecule has 0 saturated carbocycles. The monoisotopic (exact) mass is 226 g/mol. The second-order valence-electron chi connectivity index (χ2n) is 3.95. The molecule has 1 heterocycles. The topological polar surface area (TPSA) is 80.9 Å². The summed E-state index contributed by atoms with van der Waals surface area (Å²) >= 11 is 0. The summed E-state index contributed by atoms with van der Waals surface area (Å²) in [6, 6.07) is -0.156. The van der Waals surface area contributed by atoms with Crippen LogP contribution < -0.4 is 0 Å². The van der Waals surface area contributed by atoms with Crippen molar-refractivity contribution < 1.29 is 9.90 Å². The predicted octanol–water partition coefficient (Wildman–Crippen LogP) is 1.61. The Hall–Kier alpha value is -1.46. The standard InChI is InChI=1S/C10H18N4O2/c1-4-7(3)10-11-12-13-14(10)8(5-2)6-9(15)16/h7-8H,4-6H2,1-3H3,(H,15,16). The van der Waals surface area contributed by atoms with Gasteiger partial charge in [0, 0.05) is 5.92 Å². The van der Waals surface area contributed by atoms with Gasteiger partial charge in [0.25, 0.3) is 0 Å². The van der Waals surface area contributed by atoms with E-state index in [1.165, 1.54) is 0 Å². The van der Waals surface area contributed by atoms with E-state index in [1.54, 1.807) is 4.68 Å². The lowest BCUT2D eigenvalue weighted by atomic mass is 10.1. The molecule has 16 heavy (non-hydrogen) atoms. The molecule has 0 radical (unpaired) electrons. The highest BCUT2D eigenvalue weighted by Gasteiger charge is 2.21. The van der Waals surface area contributed by atoms with Gasteiger partial charge in [0.2, 0.25) is 0 Å². The van der Waals surface area contributed by atoms with E-state index in [4.69, 9.17) is 5.11 Å². The van der Waals surface area contributed by atoms with Crippen LogP contribution in [0.1, 0.15) is 57.8 Å². The second-order valence-corrected chi connectivity index (χ2v) is 3.95. The number of carbonyl (C=O) groups is 1. The number of carboxylic acids is 1. The largest absolute Gasteiger partial charge is 0.481 e. The zero-order valence-corrected chi connectivity index (χ0v) is 9.92. The van der Waals surface area contributed by atoms with E-state index < -0.39 is 5.97 Å². The quantitative estimate of drug-likeness (QED) is 0.797. The zero-order chi connectivity index (χ0) is 12.1. The molecule has 0 aliphatic carbocycles. The van der Waals surface area contributed by atoms with Crippen molar-refractivity contribution in [3.05, 3.63) is 5.82 Å². The molecule has 0 spiro atoms. The Bertz CT molecular complexity index is 350. The van der Waals surface area contributed by atoms with Crippen molar-refractivity contribution in [1.82, 2.24) is 20.2 Å². The number of hydrogen-bond acceptors (Lipinski definition) is 4. The maximum absolute atomic E-state index is 10.7. The Balaban J connectivity index is 2.92. The van der Waals surface area contributed by atoms with Gasteiger partial charge in [-0.1, -0.05) is 20.8 Å². The van der Waals surface area contributed by atoms with Crippen LogP contribution in [0.25, 0.3) is 0 Å². The fourth-order valence-electron chi connectivity index (χ4n) is 1.57. The molecule has 0 fully saturated rings. The first-order valence-electron chi connectivity index (χ1n) is 5.59. The van der Waals surface area contributed by atoms with Gasteiger partial charge in [-0.15, -0.1) is 5.10 Å². The van der Waals surface area contributed by atoms with Crippen molar-refractivity contribution in [3.63, 3.8) is 0 Å². The molecule has 0 bridgehead atoms. The molecule has 1 N–H and O–H groups in total. The minimum absolute atomic E-state index is 0.0605. The number of aromatic nitrogens is 4. The summed E-state index contributed by atoms with van der Waals surface area (Å²) < 4.78 is 1.66. The number of hydrogen-bond donors (Lipinski definition) is 1. The van der Waals surface area contributed by atoms with Crippen molar-refractivity contribution in [2.45, 2.75) is 52.0 Å². The average molecular weight is 226 g/mol. The van der Waals surface area contributed by atoms with Crippen LogP contribution in [0.2, 0.25) is 0 Å². The number of aliphatic carboxylic acids is 1. The first-order chi connectivity index (χ1) is 7.60. The highest BCUT2D eigenvalue weighted by molar-refractivity contribution is 5.67. The summed E-state index contributed by atoms with van der Waals surface area (Å²) in [5.74, 6) is 0.200. The van der Waals surface area contributed by atoms with E-state index in [2.05, 4.69) is 22.4 Å². The summed E-state index contributed by atoms with van der Waals surface area (Å²) in [5.41, 5.74) is 0. The first-order valence-corrected chi connectivity index (χ1v) is 5.59. The first kappa shape index (κ1) is 12.6. The molecule has 6 nitrogen and oxygen atoms in total. The normalized spacial score (nSPS) is 14.7. The van der Waals surface area contributed by atoms with Crippen LogP contribution in [0, 0.1) is 0 Å². The third kappa shape index (κ3) is 2.77. The van der Waals surface area contributed by atoms with Gasteiger partial charge in [0.1, 0.15) is 0 Å². The molecule has 0 aliphatic rings. The van der Waals surface area contributed by atoms with E-state index in [9.17, 15) is 4.79 Å². The fraction of sp³-hybridized carbons (Fsp3) is 0.800. The second kappa shape index (κ2) is 5.58. The SMILES string of the molecule is CCC(C)c1nnnn1C(CC)CC(=O)O. The Kier molecular flexibility index (Phi) is 4.39. The molecular weight excluding hydrogens is 208 g/mol. The summed E-state index contributed by atoms with van der Waals surface area (Å²) in [7, 11) is 0. The molecule has 2 unspecified atom stereocenters. The fourth-order valence-corrected chi connectivity index (χ4v) is 1.57.